The van der Waals surface area contributed by atoms with E-state index in [4.69, 9.17) is 9.47 Å². The SMILES string of the molecule is CC.CCCCCCO/C(C)=C/C=C(C)C.CCCCCCOc1ccc(C)cc1. The van der Waals surface area contributed by atoms with Gasteiger partial charge in [0.05, 0.1) is 19.0 Å². The number of benzene rings is 1. The van der Waals surface area contributed by atoms with Crippen LogP contribution >= 0.6 is 0 Å². The second-order valence-electron chi connectivity index (χ2n) is 7.65. The van der Waals surface area contributed by atoms with E-state index < -0.39 is 0 Å². The van der Waals surface area contributed by atoms with Crippen LogP contribution in [-0.4, -0.2) is 13.2 Å². The molecule has 1 rings (SSSR count). The third-order valence-corrected chi connectivity index (χ3v) is 4.27. The van der Waals surface area contributed by atoms with Crippen LogP contribution < -0.4 is 4.74 Å². The number of aryl methyl sites for hydroxylation is 1. The smallest absolute Gasteiger partial charge is 0.119 e. The molecule has 0 spiro atoms. The minimum absolute atomic E-state index is 0.850. The molecule has 0 saturated carbocycles. The van der Waals surface area contributed by atoms with Crippen molar-refractivity contribution in [2.24, 2.45) is 0 Å². The Kier molecular flexibility index (Phi) is 24.0. The molecule has 1 aromatic carbocycles. The highest BCUT2D eigenvalue weighted by Gasteiger charge is 1.93. The normalized spacial score (nSPS) is 10.2. The lowest BCUT2D eigenvalue weighted by Gasteiger charge is -2.05. The lowest BCUT2D eigenvalue weighted by atomic mass is 10.2. The molecule has 0 N–H and O–H groups in total. The Morgan fingerprint density at radius 3 is 1.77 bits per heavy atom. The van der Waals surface area contributed by atoms with E-state index in [1.807, 2.05) is 39.0 Å². The number of ether oxygens (including phenoxy) is 2. The van der Waals surface area contributed by atoms with Crippen molar-refractivity contribution in [3.63, 3.8) is 0 Å². The van der Waals surface area contributed by atoms with Gasteiger partial charge >= 0.3 is 0 Å². The van der Waals surface area contributed by atoms with Crippen LogP contribution in [0.15, 0.2) is 47.7 Å². The summed E-state index contributed by atoms with van der Waals surface area (Å²) >= 11 is 0. The van der Waals surface area contributed by atoms with Gasteiger partial charge in [-0.25, -0.2) is 0 Å². The molecule has 2 nitrogen and oxygen atoms in total. The van der Waals surface area contributed by atoms with Gasteiger partial charge in [0.2, 0.25) is 0 Å². The molecule has 0 fully saturated rings. The van der Waals surface area contributed by atoms with E-state index in [1.54, 1.807) is 0 Å². The molecule has 1 aromatic rings. The maximum atomic E-state index is 5.61. The second kappa shape index (κ2) is 23.6. The van der Waals surface area contributed by atoms with Gasteiger partial charge in [-0.15, -0.1) is 0 Å². The molecule has 0 radical (unpaired) electrons. The second-order valence-corrected chi connectivity index (χ2v) is 7.65. The molecule has 0 bridgehead atoms. The van der Waals surface area contributed by atoms with Crippen LogP contribution in [0.5, 0.6) is 5.75 Å². The van der Waals surface area contributed by atoms with Crippen LogP contribution in [0.2, 0.25) is 0 Å². The van der Waals surface area contributed by atoms with E-state index in [2.05, 4.69) is 52.8 Å². The first-order valence-electron chi connectivity index (χ1n) is 12.1. The highest BCUT2D eigenvalue weighted by Crippen LogP contribution is 2.12. The van der Waals surface area contributed by atoms with E-state index >= 15 is 0 Å². The Balaban J connectivity index is 0. The molecular weight excluding hydrogens is 368 g/mol. The summed E-state index contributed by atoms with van der Waals surface area (Å²) in [6.07, 6.45) is 14.2. The monoisotopic (exact) mass is 418 g/mol. The van der Waals surface area contributed by atoms with Crippen molar-refractivity contribution in [3.8, 4) is 5.75 Å². The Bertz CT molecular complexity index is 522. The van der Waals surface area contributed by atoms with E-state index in [-0.39, 0.29) is 0 Å². The quantitative estimate of drug-likeness (QED) is 0.180. The van der Waals surface area contributed by atoms with Crippen LogP contribution in [0.4, 0.5) is 0 Å². The molecule has 0 unspecified atom stereocenters. The lowest BCUT2D eigenvalue weighted by Crippen LogP contribution is -1.96. The first kappa shape index (κ1) is 30.5. The topological polar surface area (TPSA) is 18.5 Å². The summed E-state index contributed by atoms with van der Waals surface area (Å²) in [4.78, 5) is 0. The fourth-order valence-electron chi connectivity index (χ4n) is 2.45. The van der Waals surface area contributed by atoms with Crippen molar-refractivity contribution in [2.45, 2.75) is 107 Å². The van der Waals surface area contributed by atoms with Crippen LogP contribution in [0.1, 0.15) is 105 Å². The minimum Gasteiger partial charge on any atom is -0.498 e. The Morgan fingerprint density at radius 1 is 0.733 bits per heavy atom. The maximum absolute atomic E-state index is 5.61. The average Bonchev–Trinajstić information content (AvgIpc) is 2.75. The van der Waals surface area contributed by atoms with Crippen molar-refractivity contribution in [1.82, 2.24) is 0 Å². The largest absolute Gasteiger partial charge is 0.498 e. The summed E-state index contributed by atoms with van der Waals surface area (Å²) < 4.78 is 11.2. The van der Waals surface area contributed by atoms with Gasteiger partial charge in [0.25, 0.3) is 0 Å². The summed E-state index contributed by atoms with van der Waals surface area (Å²) in [5.74, 6) is 2.01. The van der Waals surface area contributed by atoms with Gasteiger partial charge in [-0.3, -0.25) is 0 Å². The van der Waals surface area contributed by atoms with Crippen molar-refractivity contribution in [3.05, 3.63) is 53.3 Å². The first-order valence-corrected chi connectivity index (χ1v) is 12.1. The lowest BCUT2D eigenvalue weighted by molar-refractivity contribution is 0.207. The molecule has 0 aliphatic carbocycles. The van der Waals surface area contributed by atoms with Gasteiger partial charge in [0.1, 0.15) is 5.75 Å². The molecular formula is C28H50O2. The molecule has 0 aromatic heterocycles. The summed E-state index contributed by atoms with van der Waals surface area (Å²) in [5, 5.41) is 0. The third kappa shape index (κ3) is 22.6. The highest BCUT2D eigenvalue weighted by atomic mass is 16.5. The highest BCUT2D eigenvalue weighted by molar-refractivity contribution is 5.26. The molecule has 0 aliphatic heterocycles. The van der Waals surface area contributed by atoms with E-state index in [0.717, 1.165) is 24.7 Å². The van der Waals surface area contributed by atoms with Crippen molar-refractivity contribution in [2.75, 3.05) is 13.2 Å². The van der Waals surface area contributed by atoms with E-state index in [1.165, 1.54) is 62.5 Å². The van der Waals surface area contributed by atoms with E-state index in [9.17, 15) is 0 Å². The molecule has 0 heterocycles. The number of hydrogen-bond donors (Lipinski definition) is 0. The van der Waals surface area contributed by atoms with Gasteiger partial charge in [-0.05, 0) is 58.7 Å². The van der Waals surface area contributed by atoms with Gasteiger partial charge in [0, 0.05) is 0 Å². The summed E-state index contributed by atoms with van der Waals surface area (Å²) in [5.41, 5.74) is 2.59. The van der Waals surface area contributed by atoms with Crippen LogP contribution in [0.3, 0.4) is 0 Å². The third-order valence-electron chi connectivity index (χ3n) is 4.27. The summed E-state index contributed by atoms with van der Waals surface area (Å²) in [7, 11) is 0. The zero-order valence-electron chi connectivity index (χ0n) is 21.4. The van der Waals surface area contributed by atoms with Gasteiger partial charge in [-0.1, -0.05) is 95.6 Å². The number of rotatable bonds is 13. The van der Waals surface area contributed by atoms with Gasteiger partial charge in [0.15, 0.2) is 0 Å². The molecule has 174 valence electrons. The van der Waals surface area contributed by atoms with Crippen molar-refractivity contribution >= 4 is 0 Å². The first-order chi connectivity index (χ1) is 14.5. The number of allylic oxidation sites excluding steroid dienone is 4. The predicted molar refractivity (Wildman–Crippen MR) is 135 cm³/mol. The minimum atomic E-state index is 0.850. The zero-order chi connectivity index (χ0) is 23.0. The molecule has 2 heteroatoms. The van der Waals surface area contributed by atoms with Gasteiger partial charge in [-0.2, -0.15) is 0 Å². The van der Waals surface area contributed by atoms with Crippen LogP contribution in [0, 0.1) is 6.92 Å². The Labute approximate surface area is 188 Å². The van der Waals surface area contributed by atoms with Crippen molar-refractivity contribution in [1.29, 1.82) is 0 Å². The predicted octanol–water partition coefficient (Wildman–Crippen LogP) is 9.43. The summed E-state index contributed by atoms with van der Waals surface area (Å²) in [6.45, 7) is 18.4. The Morgan fingerprint density at radius 2 is 1.27 bits per heavy atom. The maximum Gasteiger partial charge on any atom is 0.119 e. The van der Waals surface area contributed by atoms with E-state index in [0.29, 0.717) is 0 Å². The molecule has 30 heavy (non-hydrogen) atoms. The molecule has 0 amide bonds. The standard InChI is InChI=1S/C13H20O.C13H24O.C2H6/c1-3-4-5-6-11-14-13-9-7-12(2)8-10-13;1-5-6-7-8-11-14-13(4)10-9-12(2)3;1-2/h7-10H,3-6,11H2,1-2H3;9-10H,5-8,11H2,1-4H3;1-2H3/b;13-10+;. The number of hydrogen-bond acceptors (Lipinski definition) is 2. The molecule has 0 atom stereocenters. The van der Waals surface area contributed by atoms with Crippen LogP contribution in [0.25, 0.3) is 0 Å². The molecule has 0 aliphatic rings. The number of unbranched alkanes of at least 4 members (excludes halogenated alkanes) is 6. The fraction of sp³-hybridized carbons (Fsp3) is 0.643. The van der Waals surface area contributed by atoms with Crippen LogP contribution in [-0.2, 0) is 4.74 Å². The zero-order valence-corrected chi connectivity index (χ0v) is 21.4. The fourth-order valence-corrected chi connectivity index (χ4v) is 2.45. The van der Waals surface area contributed by atoms with Crippen molar-refractivity contribution < 1.29 is 9.47 Å². The Hall–Kier alpha value is -1.70. The molecule has 0 saturated heterocycles. The van der Waals surface area contributed by atoms with Gasteiger partial charge < -0.3 is 9.47 Å². The average molecular weight is 419 g/mol. The summed E-state index contributed by atoms with van der Waals surface area (Å²) in [6, 6.07) is 8.24.